The highest BCUT2D eigenvalue weighted by Gasteiger charge is 2.07. The molecule has 1 heterocycles. The van der Waals surface area contributed by atoms with E-state index < -0.39 is 0 Å². The molecule has 0 aliphatic carbocycles. The Morgan fingerprint density at radius 1 is 1.56 bits per heavy atom. The van der Waals surface area contributed by atoms with E-state index in [0.29, 0.717) is 19.0 Å². The maximum absolute atomic E-state index is 11.2. The lowest BCUT2D eigenvalue weighted by Gasteiger charge is -2.02. The molecular formula is C10H17N3O3. The molecule has 6 nitrogen and oxygen atoms in total. The summed E-state index contributed by atoms with van der Waals surface area (Å²) in [5.74, 6) is 1.06. The zero-order chi connectivity index (χ0) is 12.0. The predicted molar refractivity (Wildman–Crippen MR) is 57.7 cm³/mol. The number of nitrogens with two attached hydrogens (primary N) is 1. The molecule has 3 N–H and O–H groups in total. The fraction of sp³-hybridized carbons (Fsp3) is 0.600. The summed E-state index contributed by atoms with van der Waals surface area (Å²) in [4.78, 5) is 15.4. The quantitative estimate of drug-likeness (QED) is 0.661. The maximum Gasteiger partial charge on any atom is 0.246 e. The van der Waals surface area contributed by atoms with Crippen LogP contribution in [0.2, 0.25) is 0 Å². The van der Waals surface area contributed by atoms with E-state index in [9.17, 15) is 4.79 Å². The average Bonchev–Trinajstić information content (AvgIpc) is 2.56. The Bertz CT molecular complexity index is 330. The number of aryl methyl sites for hydroxylation is 2. The number of nitrogens with one attached hydrogen (secondary N) is 1. The van der Waals surface area contributed by atoms with Crippen LogP contribution >= 0.6 is 0 Å². The van der Waals surface area contributed by atoms with Gasteiger partial charge in [0.2, 0.25) is 11.8 Å². The molecule has 16 heavy (non-hydrogen) atoms. The largest absolute Gasteiger partial charge is 0.444 e. The van der Waals surface area contributed by atoms with Crippen molar-refractivity contribution in [3.8, 4) is 0 Å². The standard InChI is InChI=1S/C10H17N3O3/c1-7-8(2)16-10(13-7)5-12-9(14)6-15-4-3-11/h3-6,11H2,1-2H3,(H,12,14). The van der Waals surface area contributed by atoms with Crippen LogP contribution in [0.5, 0.6) is 0 Å². The van der Waals surface area contributed by atoms with Crippen LogP contribution in [0.3, 0.4) is 0 Å². The van der Waals surface area contributed by atoms with Crippen molar-refractivity contribution < 1.29 is 13.9 Å². The van der Waals surface area contributed by atoms with Gasteiger partial charge in [-0.05, 0) is 13.8 Å². The van der Waals surface area contributed by atoms with Gasteiger partial charge in [0.05, 0.1) is 18.8 Å². The number of hydrogen-bond acceptors (Lipinski definition) is 5. The molecule has 0 atom stereocenters. The van der Waals surface area contributed by atoms with Crippen molar-refractivity contribution in [3.05, 3.63) is 17.3 Å². The Kier molecular flexibility index (Phi) is 4.94. The summed E-state index contributed by atoms with van der Waals surface area (Å²) in [6.45, 7) is 4.76. The summed E-state index contributed by atoms with van der Waals surface area (Å²) in [6, 6.07) is 0. The van der Waals surface area contributed by atoms with Crippen LogP contribution in [0, 0.1) is 13.8 Å². The highest BCUT2D eigenvalue weighted by atomic mass is 16.5. The first-order valence-corrected chi connectivity index (χ1v) is 5.11. The molecule has 0 saturated carbocycles. The van der Waals surface area contributed by atoms with E-state index in [4.69, 9.17) is 14.9 Å². The lowest BCUT2D eigenvalue weighted by atomic mass is 10.4. The van der Waals surface area contributed by atoms with E-state index >= 15 is 0 Å². The first kappa shape index (κ1) is 12.7. The van der Waals surface area contributed by atoms with Crippen LogP contribution in [-0.2, 0) is 16.1 Å². The van der Waals surface area contributed by atoms with Crippen LogP contribution in [0.4, 0.5) is 0 Å². The summed E-state index contributed by atoms with van der Waals surface area (Å²) >= 11 is 0. The third-order valence-corrected chi connectivity index (χ3v) is 2.00. The van der Waals surface area contributed by atoms with Crippen LogP contribution in [0.1, 0.15) is 17.3 Å². The van der Waals surface area contributed by atoms with Crippen LogP contribution in [-0.4, -0.2) is 30.6 Å². The normalized spacial score (nSPS) is 10.4. The van der Waals surface area contributed by atoms with Gasteiger partial charge >= 0.3 is 0 Å². The minimum atomic E-state index is -0.207. The number of rotatable bonds is 6. The predicted octanol–water partition coefficient (Wildman–Crippen LogP) is -0.117. The maximum atomic E-state index is 11.2. The van der Waals surface area contributed by atoms with Crippen LogP contribution in [0.15, 0.2) is 4.42 Å². The molecule has 0 unspecified atom stereocenters. The third-order valence-electron chi connectivity index (χ3n) is 2.00. The Morgan fingerprint density at radius 2 is 2.31 bits per heavy atom. The van der Waals surface area contributed by atoms with Gasteiger partial charge < -0.3 is 20.2 Å². The molecule has 0 fully saturated rings. The Balaban J connectivity index is 2.26. The second-order valence-electron chi connectivity index (χ2n) is 3.37. The van der Waals surface area contributed by atoms with Gasteiger partial charge in [0.15, 0.2) is 0 Å². The van der Waals surface area contributed by atoms with Crippen molar-refractivity contribution in [3.63, 3.8) is 0 Å². The smallest absolute Gasteiger partial charge is 0.246 e. The highest BCUT2D eigenvalue weighted by Crippen LogP contribution is 2.07. The summed E-state index contributed by atoms with van der Waals surface area (Å²) in [7, 11) is 0. The second kappa shape index (κ2) is 6.24. The zero-order valence-electron chi connectivity index (χ0n) is 9.58. The van der Waals surface area contributed by atoms with Gasteiger partial charge in [0.25, 0.3) is 0 Å². The molecule has 90 valence electrons. The topological polar surface area (TPSA) is 90.4 Å². The van der Waals surface area contributed by atoms with Gasteiger partial charge in [-0.25, -0.2) is 4.98 Å². The summed E-state index contributed by atoms with van der Waals surface area (Å²) < 4.78 is 10.3. The average molecular weight is 227 g/mol. The first-order valence-electron chi connectivity index (χ1n) is 5.11. The monoisotopic (exact) mass is 227 g/mol. The van der Waals surface area contributed by atoms with Crippen LogP contribution < -0.4 is 11.1 Å². The van der Waals surface area contributed by atoms with Gasteiger partial charge in [0.1, 0.15) is 12.4 Å². The fourth-order valence-electron chi connectivity index (χ4n) is 1.09. The third kappa shape index (κ3) is 4.00. The SMILES string of the molecule is Cc1nc(CNC(=O)COCCN)oc1C. The number of ether oxygens (including phenoxy) is 1. The number of aromatic nitrogens is 1. The zero-order valence-corrected chi connectivity index (χ0v) is 9.58. The molecule has 0 aromatic carbocycles. The molecular weight excluding hydrogens is 210 g/mol. The number of nitrogens with zero attached hydrogens (tertiary/aromatic N) is 1. The molecule has 0 spiro atoms. The number of amides is 1. The highest BCUT2D eigenvalue weighted by molar-refractivity contribution is 5.77. The van der Waals surface area contributed by atoms with Gasteiger partial charge in [0, 0.05) is 6.54 Å². The minimum absolute atomic E-state index is 0.00979. The molecule has 0 aliphatic heterocycles. The lowest BCUT2D eigenvalue weighted by Crippen LogP contribution is -2.28. The molecule has 1 amide bonds. The summed E-state index contributed by atoms with van der Waals surface area (Å²) in [5.41, 5.74) is 6.05. The molecule has 1 aromatic heterocycles. The Morgan fingerprint density at radius 3 is 2.88 bits per heavy atom. The minimum Gasteiger partial charge on any atom is -0.444 e. The van der Waals surface area contributed by atoms with Crippen molar-refractivity contribution >= 4 is 5.91 Å². The van der Waals surface area contributed by atoms with Crippen molar-refractivity contribution in [1.29, 1.82) is 0 Å². The summed E-state index contributed by atoms with van der Waals surface area (Å²) in [6.07, 6.45) is 0. The Hall–Kier alpha value is -1.40. The van der Waals surface area contributed by atoms with Crippen LogP contribution in [0.25, 0.3) is 0 Å². The van der Waals surface area contributed by atoms with E-state index in [0.717, 1.165) is 11.5 Å². The number of hydrogen-bond donors (Lipinski definition) is 2. The fourth-order valence-corrected chi connectivity index (χ4v) is 1.09. The number of oxazole rings is 1. The molecule has 0 radical (unpaired) electrons. The molecule has 0 aliphatic rings. The van der Waals surface area contributed by atoms with Crippen molar-refractivity contribution in [2.75, 3.05) is 19.8 Å². The molecule has 0 bridgehead atoms. The van der Waals surface area contributed by atoms with Crippen molar-refractivity contribution in [2.24, 2.45) is 5.73 Å². The van der Waals surface area contributed by atoms with Gasteiger partial charge in [-0.2, -0.15) is 0 Å². The van der Waals surface area contributed by atoms with E-state index in [2.05, 4.69) is 10.3 Å². The lowest BCUT2D eigenvalue weighted by molar-refractivity contribution is -0.125. The summed E-state index contributed by atoms with van der Waals surface area (Å²) in [5, 5.41) is 2.64. The van der Waals surface area contributed by atoms with E-state index in [1.807, 2.05) is 13.8 Å². The van der Waals surface area contributed by atoms with Crippen molar-refractivity contribution in [2.45, 2.75) is 20.4 Å². The Labute approximate surface area is 94.2 Å². The van der Waals surface area contributed by atoms with E-state index in [1.54, 1.807) is 0 Å². The molecule has 0 saturated heterocycles. The first-order chi connectivity index (χ1) is 7.63. The molecule has 1 rings (SSSR count). The van der Waals surface area contributed by atoms with Gasteiger partial charge in [-0.3, -0.25) is 4.79 Å². The second-order valence-corrected chi connectivity index (χ2v) is 3.37. The number of carbonyl (C=O) groups is 1. The van der Waals surface area contributed by atoms with E-state index in [-0.39, 0.29) is 19.1 Å². The molecule has 6 heteroatoms. The van der Waals surface area contributed by atoms with Crippen molar-refractivity contribution in [1.82, 2.24) is 10.3 Å². The molecule has 1 aromatic rings. The number of carbonyl (C=O) groups excluding carboxylic acids is 1. The van der Waals surface area contributed by atoms with Gasteiger partial charge in [-0.15, -0.1) is 0 Å². The van der Waals surface area contributed by atoms with Gasteiger partial charge in [-0.1, -0.05) is 0 Å². The van der Waals surface area contributed by atoms with E-state index in [1.165, 1.54) is 0 Å².